The average Bonchev–Trinajstić information content (AvgIpc) is 2.39. The summed E-state index contributed by atoms with van der Waals surface area (Å²) in [5, 5.41) is 3.32. The Labute approximate surface area is 104 Å². The first-order valence-corrected chi connectivity index (χ1v) is 6.71. The van der Waals surface area contributed by atoms with Crippen LogP contribution in [0.5, 0.6) is 5.88 Å². The van der Waals surface area contributed by atoms with Crippen molar-refractivity contribution in [2.24, 2.45) is 0 Å². The summed E-state index contributed by atoms with van der Waals surface area (Å²) in [4.78, 5) is 4.36. The molecule has 2 rings (SSSR count). The lowest BCUT2D eigenvalue weighted by Crippen LogP contribution is -2.22. The lowest BCUT2D eigenvalue weighted by molar-refractivity contribution is 0.147. The molecule has 0 saturated heterocycles. The monoisotopic (exact) mass is 234 g/mol. The van der Waals surface area contributed by atoms with Gasteiger partial charge in [0, 0.05) is 18.3 Å². The topological polar surface area (TPSA) is 34.2 Å². The van der Waals surface area contributed by atoms with E-state index in [1.165, 1.54) is 37.7 Å². The van der Waals surface area contributed by atoms with E-state index in [4.69, 9.17) is 4.74 Å². The lowest BCUT2D eigenvalue weighted by Gasteiger charge is -2.23. The van der Waals surface area contributed by atoms with Gasteiger partial charge < -0.3 is 10.1 Å². The summed E-state index contributed by atoms with van der Waals surface area (Å²) in [5.41, 5.74) is 1.17. The second-order valence-electron chi connectivity index (χ2n) is 4.63. The summed E-state index contributed by atoms with van der Waals surface area (Å²) in [7, 11) is 0. The van der Waals surface area contributed by atoms with Crippen molar-refractivity contribution in [3.05, 3.63) is 23.9 Å². The zero-order valence-electron chi connectivity index (χ0n) is 10.6. The van der Waals surface area contributed by atoms with Crippen molar-refractivity contribution < 1.29 is 4.74 Å². The van der Waals surface area contributed by atoms with E-state index in [-0.39, 0.29) is 0 Å². The molecule has 3 nitrogen and oxygen atoms in total. The quantitative estimate of drug-likeness (QED) is 0.850. The number of nitrogens with zero attached hydrogens (tertiary/aromatic N) is 1. The van der Waals surface area contributed by atoms with Gasteiger partial charge >= 0.3 is 0 Å². The third kappa shape index (κ3) is 3.70. The zero-order chi connectivity index (χ0) is 11.9. The van der Waals surface area contributed by atoms with Gasteiger partial charge in [-0.25, -0.2) is 4.98 Å². The smallest absolute Gasteiger partial charge is 0.218 e. The molecule has 1 aromatic heterocycles. The molecule has 1 aliphatic rings. The van der Waals surface area contributed by atoms with Crippen molar-refractivity contribution in [1.82, 2.24) is 10.3 Å². The molecule has 0 amide bonds. The number of hydrogen-bond donors (Lipinski definition) is 1. The van der Waals surface area contributed by atoms with E-state index in [0.29, 0.717) is 6.10 Å². The van der Waals surface area contributed by atoms with Crippen molar-refractivity contribution in [3.63, 3.8) is 0 Å². The standard InChI is InChI=1S/C14H22N2O/c1-2-15-11-12-7-6-10-16-14(12)17-13-8-4-3-5-9-13/h6-7,10,13,15H,2-5,8-9,11H2,1H3. The van der Waals surface area contributed by atoms with Crippen LogP contribution in [0.4, 0.5) is 0 Å². The van der Waals surface area contributed by atoms with Gasteiger partial charge in [0.2, 0.25) is 5.88 Å². The highest BCUT2D eigenvalue weighted by Crippen LogP contribution is 2.24. The number of hydrogen-bond acceptors (Lipinski definition) is 3. The molecule has 0 unspecified atom stereocenters. The van der Waals surface area contributed by atoms with E-state index in [1.54, 1.807) is 0 Å². The highest BCUT2D eigenvalue weighted by atomic mass is 16.5. The molecule has 1 N–H and O–H groups in total. The van der Waals surface area contributed by atoms with Crippen LogP contribution in [0.1, 0.15) is 44.6 Å². The van der Waals surface area contributed by atoms with Crippen molar-refractivity contribution in [2.75, 3.05) is 6.54 Å². The minimum Gasteiger partial charge on any atom is -0.474 e. The predicted octanol–water partition coefficient (Wildman–Crippen LogP) is 2.90. The van der Waals surface area contributed by atoms with Crippen molar-refractivity contribution in [3.8, 4) is 5.88 Å². The van der Waals surface area contributed by atoms with Crippen LogP contribution in [-0.2, 0) is 6.54 Å². The average molecular weight is 234 g/mol. The summed E-state index contributed by atoms with van der Waals surface area (Å²) in [6, 6.07) is 4.06. The van der Waals surface area contributed by atoms with Crippen LogP contribution in [0.3, 0.4) is 0 Å². The van der Waals surface area contributed by atoms with E-state index in [1.807, 2.05) is 12.3 Å². The van der Waals surface area contributed by atoms with Crippen molar-refractivity contribution >= 4 is 0 Å². The first-order chi connectivity index (χ1) is 8.40. The fourth-order valence-electron chi connectivity index (χ4n) is 2.27. The highest BCUT2D eigenvalue weighted by molar-refractivity contribution is 5.25. The SMILES string of the molecule is CCNCc1cccnc1OC1CCCCC1. The molecule has 1 fully saturated rings. The maximum Gasteiger partial charge on any atom is 0.218 e. The first-order valence-electron chi connectivity index (χ1n) is 6.71. The summed E-state index contributed by atoms with van der Waals surface area (Å²) < 4.78 is 6.03. The van der Waals surface area contributed by atoms with Gasteiger partial charge in [-0.3, -0.25) is 0 Å². The molecule has 0 atom stereocenters. The molecule has 0 bridgehead atoms. The van der Waals surface area contributed by atoms with Gasteiger partial charge in [0.05, 0.1) is 0 Å². The molecule has 0 aliphatic heterocycles. The van der Waals surface area contributed by atoms with Gasteiger partial charge in [0.1, 0.15) is 6.10 Å². The molecule has 1 saturated carbocycles. The highest BCUT2D eigenvalue weighted by Gasteiger charge is 2.16. The predicted molar refractivity (Wildman–Crippen MR) is 69.1 cm³/mol. The summed E-state index contributed by atoms with van der Waals surface area (Å²) >= 11 is 0. The first kappa shape index (κ1) is 12.4. The molecule has 0 radical (unpaired) electrons. The van der Waals surface area contributed by atoms with E-state index < -0.39 is 0 Å². The molecule has 0 aromatic carbocycles. The largest absolute Gasteiger partial charge is 0.474 e. The minimum absolute atomic E-state index is 0.374. The maximum atomic E-state index is 6.03. The Bertz CT molecular complexity index is 335. The van der Waals surface area contributed by atoms with Crippen molar-refractivity contribution in [2.45, 2.75) is 51.7 Å². The summed E-state index contributed by atoms with van der Waals surface area (Å²) in [6.45, 7) is 3.92. The molecule has 1 aliphatic carbocycles. The fourth-order valence-corrected chi connectivity index (χ4v) is 2.27. The Morgan fingerprint density at radius 3 is 2.94 bits per heavy atom. The number of aromatic nitrogens is 1. The van der Waals surface area contributed by atoms with E-state index >= 15 is 0 Å². The maximum absolute atomic E-state index is 6.03. The Hall–Kier alpha value is -1.09. The molecule has 17 heavy (non-hydrogen) atoms. The Kier molecular flexibility index (Phi) is 4.80. The molecule has 0 spiro atoms. The van der Waals surface area contributed by atoms with Crippen LogP contribution in [-0.4, -0.2) is 17.6 Å². The molecule has 1 heterocycles. The molecule has 94 valence electrons. The summed E-state index contributed by atoms with van der Waals surface area (Å²) in [6.07, 6.45) is 8.48. The van der Waals surface area contributed by atoms with E-state index in [9.17, 15) is 0 Å². The molecule has 3 heteroatoms. The molecule has 1 aromatic rings. The molecular formula is C14H22N2O. The van der Waals surface area contributed by atoms with Gasteiger partial charge in [-0.2, -0.15) is 0 Å². The van der Waals surface area contributed by atoms with Crippen LogP contribution in [0.15, 0.2) is 18.3 Å². The van der Waals surface area contributed by atoms with E-state index in [2.05, 4.69) is 23.3 Å². The number of pyridine rings is 1. The Balaban J connectivity index is 1.98. The van der Waals surface area contributed by atoms with Crippen LogP contribution in [0.25, 0.3) is 0 Å². The summed E-state index contributed by atoms with van der Waals surface area (Å²) in [5.74, 6) is 0.820. The van der Waals surface area contributed by atoms with Gasteiger partial charge in [-0.1, -0.05) is 19.4 Å². The normalized spacial score (nSPS) is 17.0. The number of nitrogens with one attached hydrogen (secondary N) is 1. The minimum atomic E-state index is 0.374. The van der Waals surface area contributed by atoms with Gasteiger partial charge in [0.25, 0.3) is 0 Å². The fraction of sp³-hybridized carbons (Fsp3) is 0.643. The zero-order valence-corrected chi connectivity index (χ0v) is 10.6. The van der Waals surface area contributed by atoms with Crippen LogP contribution in [0.2, 0.25) is 0 Å². The van der Waals surface area contributed by atoms with Crippen LogP contribution < -0.4 is 10.1 Å². The number of ether oxygens (including phenoxy) is 1. The van der Waals surface area contributed by atoms with Crippen molar-refractivity contribution in [1.29, 1.82) is 0 Å². The third-order valence-electron chi connectivity index (χ3n) is 3.25. The van der Waals surface area contributed by atoms with Gasteiger partial charge in [0.15, 0.2) is 0 Å². The van der Waals surface area contributed by atoms with Crippen LogP contribution >= 0.6 is 0 Å². The molecular weight excluding hydrogens is 212 g/mol. The van der Waals surface area contributed by atoms with E-state index in [0.717, 1.165) is 19.0 Å². The third-order valence-corrected chi connectivity index (χ3v) is 3.25. The lowest BCUT2D eigenvalue weighted by atomic mass is 9.98. The second-order valence-corrected chi connectivity index (χ2v) is 4.63. The Morgan fingerprint density at radius 2 is 2.18 bits per heavy atom. The van der Waals surface area contributed by atoms with Gasteiger partial charge in [-0.05, 0) is 38.3 Å². The van der Waals surface area contributed by atoms with Crippen LogP contribution in [0, 0.1) is 0 Å². The van der Waals surface area contributed by atoms with Gasteiger partial charge in [-0.15, -0.1) is 0 Å². The number of rotatable bonds is 5. The second kappa shape index (κ2) is 6.60. The Morgan fingerprint density at radius 1 is 1.35 bits per heavy atom.